The van der Waals surface area contributed by atoms with Gasteiger partial charge < -0.3 is 14.4 Å². The van der Waals surface area contributed by atoms with Crippen molar-refractivity contribution < 1.29 is 22.7 Å². The molecule has 8 heteroatoms. The second kappa shape index (κ2) is 8.92. The van der Waals surface area contributed by atoms with Crippen LogP contribution in [0.15, 0.2) is 71.6 Å². The van der Waals surface area contributed by atoms with Gasteiger partial charge in [0.25, 0.3) is 15.9 Å². The molecule has 0 spiro atoms. The minimum Gasteiger partial charge on any atom is -0.490 e. The van der Waals surface area contributed by atoms with Gasteiger partial charge >= 0.3 is 0 Å². The highest BCUT2D eigenvalue weighted by Crippen LogP contribution is 2.31. The maximum atomic E-state index is 12.7. The quantitative estimate of drug-likeness (QED) is 0.613. The number of nitrogens with one attached hydrogen (secondary N) is 1. The molecule has 7 nitrogen and oxygen atoms in total. The lowest BCUT2D eigenvalue weighted by Gasteiger charge is -2.29. The minimum absolute atomic E-state index is 0.109. The average Bonchev–Trinajstić information content (AvgIpc) is 2.76. The highest BCUT2D eigenvalue weighted by Gasteiger charge is 2.23. The van der Waals surface area contributed by atoms with Gasteiger partial charge in [-0.2, -0.15) is 0 Å². The number of sulfonamides is 1. The Kier molecular flexibility index (Phi) is 6.05. The molecule has 166 valence electrons. The standard InChI is InChI=1S/C24H24N2O5S/c1-17-13-18(2)15-19(14-17)25-32(28,29)21-9-7-20(8-10-21)31-16-24(27)26-11-12-30-23-6-4-3-5-22(23)26/h3-10,13-15,25H,11-12,16H2,1-2H3. The van der Waals surface area contributed by atoms with Gasteiger partial charge in [0.1, 0.15) is 18.1 Å². The summed E-state index contributed by atoms with van der Waals surface area (Å²) in [7, 11) is -3.74. The van der Waals surface area contributed by atoms with Gasteiger partial charge in [-0.05, 0) is 73.5 Å². The Morgan fingerprint density at radius 3 is 2.44 bits per heavy atom. The summed E-state index contributed by atoms with van der Waals surface area (Å²) in [5.41, 5.74) is 3.17. The van der Waals surface area contributed by atoms with E-state index < -0.39 is 10.0 Å². The molecule has 1 aliphatic heterocycles. The summed E-state index contributed by atoms with van der Waals surface area (Å²) in [6, 6.07) is 18.9. The van der Waals surface area contributed by atoms with E-state index in [1.165, 1.54) is 24.3 Å². The zero-order chi connectivity index (χ0) is 22.7. The Morgan fingerprint density at radius 1 is 1.03 bits per heavy atom. The minimum atomic E-state index is -3.74. The molecule has 0 aliphatic carbocycles. The predicted molar refractivity (Wildman–Crippen MR) is 123 cm³/mol. The molecule has 0 saturated carbocycles. The molecule has 0 bridgehead atoms. The number of fused-ring (bicyclic) bond motifs is 1. The zero-order valence-electron chi connectivity index (χ0n) is 17.9. The van der Waals surface area contributed by atoms with E-state index in [0.717, 1.165) is 11.1 Å². The van der Waals surface area contributed by atoms with Crippen LogP contribution in [0.25, 0.3) is 0 Å². The number of aryl methyl sites for hydroxylation is 2. The Balaban J connectivity index is 1.40. The van der Waals surface area contributed by atoms with Crippen LogP contribution >= 0.6 is 0 Å². The van der Waals surface area contributed by atoms with Crippen molar-refractivity contribution in [3.63, 3.8) is 0 Å². The maximum absolute atomic E-state index is 12.7. The molecule has 1 N–H and O–H groups in total. The molecule has 1 aliphatic rings. The first-order chi connectivity index (χ1) is 15.3. The fourth-order valence-electron chi connectivity index (χ4n) is 3.61. The largest absolute Gasteiger partial charge is 0.490 e. The highest BCUT2D eigenvalue weighted by atomic mass is 32.2. The van der Waals surface area contributed by atoms with Crippen LogP contribution in [0.3, 0.4) is 0 Å². The Bertz CT molecular complexity index is 1220. The lowest BCUT2D eigenvalue weighted by molar-refractivity contribution is -0.120. The molecule has 4 rings (SSSR count). The fraction of sp³-hybridized carbons (Fsp3) is 0.208. The number of nitrogens with zero attached hydrogens (tertiary/aromatic N) is 1. The first-order valence-corrected chi connectivity index (χ1v) is 11.7. The molecule has 1 heterocycles. The third-order valence-corrected chi connectivity index (χ3v) is 6.40. The van der Waals surface area contributed by atoms with E-state index in [0.29, 0.717) is 36.0 Å². The van der Waals surface area contributed by atoms with Gasteiger partial charge in [-0.15, -0.1) is 0 Å². The molecule has 3 aromatic rings. The number of rotatable bonds is 6. The maximum Gasteiger partial charge on any atom is 0.265 e. The Labute approximate surface area is 187 Å². The second-order valence-electron chi connectivity index (χ2n) is 7.60. The Morgan fingerprint density at radius 2 is 1.72 bits per heavy atom. The zero-order valence-corrected chi connectivity index (χ0v) is 18.7. The molecule has 3 aromatic carbocycles. The Hall–Kier alpha value is -3.52. The number of ether oxygens (including phenoxy) is 2. The van der Waals surface area contributed by atoms with Crippen molar-refractivity contribution >= 4 is 27.3 Å². The van der Waals surface area contributed by atoms with Crippen molar-refractivity contribution in [1.82, 2.24) is 0 Å². The van der Waals surface area contributed by atoms with Gasteiger partial charge in [-0.25, -0.2) is 8.42 Å². The molecule has 0 unspecified atom stereocenters. The highest BCUT2D eigenvalue weighted by molar-refractivity contribution is 7.92. The molecule has 0 aromatic heterocycles. The number of hydrogen-bond donors (Lipinski definition) is 1. The molecule has 0 radical (unpaired) electrons. The van der Waals surface area contributed by atoms with Crippen LogP contribution < -0.4 is 19.1 Å². The molecule has 0 fully saturated rings. The van der Waals surface area contributed by atoms with E-state index in [2.05, 4.69) is 4.72 Å². The number of benzene rings is 3. The van der Waals surface area contributed by atoms with E-state index in [4.69, 9.17) is 9.47 Å². The first kappa shape index (κ1) is 21.7. The molecular weight excluding hydrogens is 428 g/mol. The van der Waals surface area contributed by atoms with Gasteiger partial charge in [0.2, 0.25) is 0 Å². The van der Waals surface area contributed by atoms with Crippen LogP contribution in [0.2, 0.25) is 0 Å². The lowest BCUT2D eigenvalue weighted by Crippen LogP contribution is -2.40. The molecule has 0 saturated heterocycles. The first-order valence-electron chi connectivity index (χ1n) is 10.2. The number of carbonyl (C=O) groups excluding carboxylic acids is 1. The van der Waals surface area contributed by atoms with Crippen LogP contribution in [0.4, 0.5) is 11.4 Å². The number of para-hydroxylation sites is 2. The van der Waals surface area contributed by atoms with Gasteiger partial charge in [0.15, 0.2) is 6.61 Å². The molecule has 32 heavy (non-hydrogen) atoms. The molecule has 0 atom stereocenters. The summed E-state index contributed by atoms with van der Waals surface area (Å²) < 4.78 is 39.2. The van der Waals surface area contributed by atoms with Crippen LogP contribution in [-0.2, 0) is 14.8 Å². The van der Waals surface area contributed by atoms with Gasteiger partial charge in [0, 0.05) is 5.69 Å². The van der Waals surface area contributed by atoms with E-state index in [1.807, 2.05) is 44.2 Å². The normalized spacial score (nSPS) is 13.1. The van der Waals surface area contributed by atoms with Crippen molar-refractivity contribution in [2.45, 2.75) is 18.7 Å². The van der Waals surface area contributed by atoms with Gasteiger partial charge in [-0.1, -0.05) is 18.2 Å². The third-order valence-electron chi connectivity index (χ3n) is 5.00. The monoisotopic (exact) mass is 452 g/mol. The summed E-state index contributed by atoms with van der Waals surface area (Å²) in [6.45, 7) is 4.52. The van der Waals surface area contributed by atoms with Crippen LogP contribution in [0, 0.1) is 13.8 Å². The van der Waals surface area contributed by atoms with Crippen molar-refractivity contribution in [3.8, 4) is 11.5 Å². The van der Waals surface area contributed by atoms with E-state index >= 15 is 0 Å². The van der Waals surface area contributed by atoms with E-state index in [9.17, 15) is 13.2 Å². The number of amides is 1. The lowest BCUT2D eigenvalue weighted by atomic mass is 10.1. The van der Waals surface area contributed by atoms with Crippen LogP contribution in [-0.4, -0.2) is 34.1 Å². The summed E-state index contributed by atoms with van der Waals surface area (Å²) in [5, 5.41) is 0. The summed E-state index contributed by atoms with van der Waals surface area (Å²) in [5.74, 6) is 0.872. The van der Waals surface area contributed by atoms with Gasteiger partial charge in [0.05, 0.1) is 17.1 Å². The van der Waals surface area contributed by atoms with Crippen LogP contribution in [0.1, 0.15) is 11.1 Å². The number of anilines is 2. The van der Waals surface area contributed by atoms with E-state index in [1.54, 1.807) is 17.0 Å². The van der Waals surface area contributed by atoms with Crippen molar-refractivity contribution in [3.05, 3.63) is 77.9 Å². The van der Waals surface area contributed by atoms with Crippen molar-refractivity contribution in [1.29, 1.82) is 0 Å². The third kappa shape index (κ3) is 4.86. The number of hydrogen-bond acceptors (Lipinski definition) is 5. The predicted octanol–water partition coefficient (Wildman–Crippen LogP) is 3.91. The number of carbonyl (C=O) groups is 1. The summed E-state index contributed by atoms with van der Waals surface area (Å²) in [4.78, 5) is 14.4. The average molecular weight is 453 g/mol. The summed E-state index contributed by atoms with van der Waals surface area (Å²) in [6.07, 6.45) is 0. The summed E-state index contributed by atoms with van der Waals surface area (Å²) >= 11 is 0. The van der Waals surface area contributed by atoms with Gasteiger partial charge in [-0.3, -0.25) is 9.52 Å². The molecule has 1 amide bonds. The van der Waals surface area contributed by atoms with Crippen LogP contribution in [0.5, 0.6) is 11.5 Å². The second-order valence-corrected chi connectivity index (χ2v) is 9.29. The van der Waals surface area contributed by atoms with Crippen molar-refractivity contribution in [2.24, 2.45) is 0 Å². The SMILES string of the molecule is Cc1cc(C)cc(NS(=O)(=O)c2ccc(OCC(=O)N3CCOc4ccccc43)cc2)c1. The molecular formula is C24H24N2O5S. The van der Waals surface area contributed by atoms with E-state index in [-0.39, 0.29) is 17.4 Å². The topological polar surface area (TPSA) is 84.9 Å². The fourth-order valence-corrected chi connectivity index (χ4v) is 4.65. The van der Waals surface area contributed by atoms with Crippen molar-refractivity contribution in [2.75, 3.05) is 29.4 Å². The smallest absolute Gasteiger partial charge is 0.265 e.